The molecular formula is C21H17N3O2S. The van der Waals surface area contributed by atoms with Crippen molar-refractivity contribution in [1.82, 2.24) is 15.8 Å². The molecule has 0 aliphatic heterocycles. The first-order chi connectivity index (χ1) is 13.2. The topological polar surface area (TPSA) is 74.0 Å². The van der Waals surface area contributed by atoms with E-state index in [1.807, 2.05) is 72.2 Å². The lowest BCUT2D eigenvalue weighted by atomic mass is 10.1. The van der Waals surface area contributed by atoms with E-state index < -0.39 is 0 Å². The number of thiophene rings is 1. The first-order valence-electron chi connectivity index (χ1n) is 8.49. The predicted molar refractivity (Wildman–Crippen MR) is 107 cm³/mol. The molecule has 0 radical (unpaired) electrons. The largest absolute Gasteiger partial charge is 0.361 e. The van der Waals surface area contributed by atoms with Crippen LogP contribution < -0.4 is 10.9 Å². The van der Waals surface area contributed by atoms with Crippen molar-refractivity contribution in [3.05, 3.63) is 82.7 Å². The zero-order valence-corrected chi connectivity index (χ0v) is 15.2. The number of nitrogens with one attached hydrogen (secondary N) is 3. The third kappa shape index (κ3) is 3.61. The Labute approximate surface area is 160 Å². The summed E-state index contributed by atoms with van der Waals surface area (Å²) in [5, 5.41) is 2.87. The van der Waals surface area contributed by atoms with Gasteiger partial charge in [0.2, 0.25) is 5.91 Å². The van der Waals surface area contributed by atoms with Gasteiger partial charge >= 0.3 is 0 Å². The molecule has 0 fully saturated rings. The maximum atomic E-state index is 12.5. The number of carbonyl (C=O) groups is 2. The Hall–Kier alpha value is -3.38. The van der Waals surface area contributed by atoms with Gasteiger partial charge in [-0.2, -0.15) is 0 Å². The fraction of sp³-hybridized carbons (Fsp3) is 0.0476. The number of carbonyl (C=O) groups excluding carboxylic acids is 2. The molecule has 2 heterocycles. The van der Waals surface area contributed by atoms with Crippen LogP contribution in [-0.2, 0) is 11.2 Å². The molecule has 0 aliphatic carbocycles. The van der Waals surface area contributed by atoms with Gasteiger partial charge in [-0.15, -0.1) is 11.3 Å². The molecule has 0 spiro atoms. The highest BCUT2D eigenvalue weighted by Crippen LogP contribution is 2.27. The quantitative estimate of drug-likeness (QED) is 0.473. The van der Waals surface area contributed by atoms with E-state index >= 15 is 0 Å². The van der Waals surface area contributed by atoms with Gasteiger partial charge in [0, 0.05) is 22.7 Å². The summed E-state index contributed by atoms with van der Waals surface area (Å²) in [6.45, 7) is 0. The Morgan fingerprint density at radius 2 is 1.70 bits per heavy atom. The number of hydrazine groups is 1. The number of fused-ring (bicyclic) bond motifs is 1. The lowest BCUT2D eigenvalue weighted by molar-refractivity contribution is -0.121. The highest BCUT2D eigenvalue weighted by molar-refractivity contribution is 7.12. The summed E-state index contributed by atoms with van der Waals surface area (Å²) in [6, 6.07) is 19.4. The number of amides is 2. The molecule has 0 aliphatic rings. The van der Waals surface area contributed by atoms with Crippen molar-refractivity contribution in [3.8, 4) is 11.1 Å². The Morgan fingerprint density at radius 1 is 0.926 bits per heavy atom. The summed E-state index contributed by atoms with van der Waals surface area (Å²) < 4.78 is 0. The van der Waals surface area contributed by atoms with Crippen molar-refractivity contribution in [2.75, 3.05) is 0 Å². The molecule has 0 unspecified atom stereocenters. The summed E-state index contributed by atoms with van der Waals surface area (Å²) in [5.74, 6) is -0.595. The fourth-order valence-corrected chi connectivity index (χ4v) is 3.82. The number of benzene rings is 2. The zero-order valence-electron chi connectivity index (χ0n) is 14.4. The Balaban J connectivity index is 1.41. The molecule has 0 saturated carbocycles. The lowest BCUT2D eigenvalue weighted by Crippen LogP contribution is -2.42. The number of para-hydroxylation sites is 1. The van der Waals surface area contributed by atoms with Gasteiger partial charge in [0.1, 0.15) is 4.88 Å². The van der Waals surface area contributed by atoms with Crippen LogP contribution in [0.1, 0.15) is 15.2 Å². The van der Waals surface area contributed by atoms with Crippen molar-refractivity contribution in [2.24, 2.45) is 0 Å². The summed E-state index contributed by atoms with van der Waals surface area (Å²) >= 11 is 1.34. The maximum absolute atomic E-state index is 12.5. The van der Waals surface area contributed by atoms with Gasteiger partial charge < -0.3 is 4.98 Å². The maximum Gasteiger partial charge on any atom is 0.280 e. The molecule has 6 heteroatoms. The SMILES string of the molecule is O=C(Cc1c[nH]c2ccccc12)NNC(=O)c1sccc1-c1ccccc1. The van der Waals surface area contributed by atoms with Crippen molar-refractivity contribution in [2.45, 2.75) is 6.42 Å². The van der Waals surface area contributed by atoms with E-state index in [2.05, 4.69) is 15.8 Å². The molecule has 0 atom stereocenters. The second kappa shape index (κ2) is 7.47. The van der Waals surface area contributed by atoms with E-state index in [-0.39, 0.29) is 18.2 Å². The van der Waals surface area contributed by atoms with E-state index in [1.54, 1.807) is 0 Å². The monoisotopic (exact) mass is 375 g/mol. The molecule has 2 amide bonds. The van der Waals surface area contributed by atoms with Gasteiger partial charge in [-0.3, -0.25) is 20.4 Å². The molecule has 2 aromatic carbocycles. The van der Waals surface area contributed by atoms with Gasteiger partial charge in [-0.25, -0.2) is 0 Å². The second-order valence-electron chi connectivity index (χ2n) is 6.07. The van der Waals surface area contributed by atoms with Crippen molar-refractivity contribution in [3.63, 3.8) is 0 Å². The van der Waals surface area contributed by atoms with E-state index in [1.165, 1.54) is 11.3 Å². The van der Waals surface area contributed by atoms with E-state index in [0.717, 1.165) is 27.6 Å². The summed E-state index contributed by atoms with van der Waals surface area (Å²) in [7, 11) is 0. The van der Waals surface area contributed by atoms with Crippen LogP contribution in [0.5, 0.6) is 0 Å². The zero-order chi connectivity index (χ0) is 18.6. The van der Waals surface area contributed by atoms with Gasteiger partial charge in [0.05, 0.1) is 6.42 Å². The van der Waals surface area contributed by atoms with Crippen LogP contribution in [0.25, 0.3) is 22.0 Å². The van der Waals surface area contributed by atoms with Gasteiger partial charge in [0.25, 0.3) is 5.91 Å². The number of aromatic amines is 1. The molecule has 2 aromatic heterocycles. The molecule has 5 nitrogen and oxygen atoms in total. The average molecular weight is 375 g/mol. The van der Waals surface area contributed by atoms with Crippen molar-refractivity contribution >= 4 is 34.1 Å². The van der Waals surface area contributed by atoms with Crippen LogP contribution in [0, 0.1) is 0 Å². The van der Waals surface area contributed by atoms with Crippen LogP contribution in [-0.4, -0.2) is 16.8 Å². The van der Waals surface area contributed by atoms with Crippen LogP contribution >= 0.6 is 11.3 Å². The highest BCUT2D eigenvalue weighted by atomic mass is 32.1. The summed E-state index contributed by atoms with van der Waals surface area (Å²) in [5.41, 5.74) is 8.71. The van der Waals surface area contributed by atoms with Gasteiger partial charge in [-0.1, -0.05) is 48.5 Å². The number of rotatable bonds is 4. The Bertz CT molecular complexity index is 1100. The van der Waals surface area contributed by atoms with E-state index in [4.69, 9.17) is 0 Å². The van der Waals surface area contributed by atoms with E-state index in [9.17, 15) is 9.59 Å². The number of hydrogen-bond donors (Lipinski definition) is 3. The Morgan fingerprint density at radius 3 is 2.56 bits per heavy atom. The minimum Gasteiger partial charge on any atom is -0.361 e. The number of H-pyrrole nitrogens is 1. The summed E-state index contributed by atoms with van der Waals surface area (Å²) in [6.07, 6.45) is 2.00. The minimum absolute atomic E-state index is 0.181. The molecular weight excluding hydrogens is 358 g/mol. The molecule has 134 valence electrons. The highest BCUT2D eigenvalue weighted by Gasteiger charge is 2.15. The van der Waals surface area contributed by atoms with Crippen LogP contribution in [0.15, 0.2) is 72.2 Å². The van der Waals surface area contributed by atoms with Crippen molar-refractivity contribution in [1.29, 1.82) is 0 Å². The van der Waals surface area contributed by atoms with Gasteiger partial charge in [0.15, 0.2) is 0 Å². The van der Waals surface area contributed by atoms with Gasteiger partial charge in [-0.05, 0) is 28.6 Å². The molecule has 4 aromatic rings. The Kier molecular flexibility index (Phi) is 4.72. The van der Waals surface area contributed by atoms with Crippen LogP contribution in [0.3, 0.4) is 0 Å². The van der Waals surface area contributed by atoms with E-state index in [0.29, 0.717) is 4.88 Å². The third-order valence-electron chi connectivity index (χ3n) is 4.30. The average Bonchev–Trinajstić information content (AvgIpc) is 3.35. The molecule has 3 N–H and O–H groups in total. The molecule has 0 saturated heterocycles. The first kappa shape index (κ1) is 17.1. The molecule has 27 heavy (non-hydrogen) atoms. The normalized spacial score (nSPS) is 10.7. The second-order valence-corrected chi connectivity index (χ2v) is 6.98. The molecule has 4 rings (SSSR count). The smallest absolute Gasteiger partial charge is 0.280 e. The molecule has 0 bridgehead atoms. The third-order valence-corrected chi connectivity index (χ3v) is 5.21. The summed E-state index contributed by atoms with van der Waals surface area (Å²) in [4.78, 5) is 28.4. The standard InChI is InChI=1S/C21H17N3O2S/c25-19(12-15-13-22-18-9-5-4-8-16(15)18)23-24-21(26)20-17(10-11-27-20)14-6-2-1-3-7-14/h1-11,13,22H,12H2,(H,23,25)(H,24,26). The predicted octanol–water partition coefficient (Wildman–Crippen LogP) is 3.90. The minimum atomic E-state index is -0.323. The lowest BCUT2D eigenvalue weighted by Gasteiger charge is -2.08. The van der Waals surface area contributed by atoms with Crippen LogP contribution in [0.2, 0.25) is 0 Å². The number of hydrogen-bond acceptors (Lipinski definition) is 3. The van der Waals surface area contributed by atoms with Crippen molar-refractivity contribution < 1.29 is 9.59 Å². The number of aromatic nitrogens is 1. The first-order valence-corrected chi connectivity index (χ1v) is 9.37. The fourth-order valence-electron chi connectivity index (χ4n) is 3.01. The van der Waals surface area contributed by atoms with Crippen LogP contribution in [0.4, 0.5) is 0 Å².